The molecule has 0 radical (unpaired) electrons. The van der Waals surface area contributed by atoms with Gasteiger partial charge in [0.2, 0.25) is 5.91 Å². The molecule has 1 amide bonds. The van der Waals surface area contributed by atoms with Crippen molar-refractivity contribution in [1.29, 1.82) is 0 Å². The molecule has 152 valence electrons. The first kappa shape index (κ1) is 21.3. The number of hydrogen-bond donors (Lipinski definition) is 1. The third kappa shape index (κ3) is 6.05. The lowest BCUT2D eigenvalue weighted by molar-refractivity contribution is -0.116. The first-order chi connectivity index (χ1) is 13.8. The molecule has 4 nitrogen and oxygen atoms in total. The minimum Gasteiger partial charge on any atom is -0.494 e. The highest BCUT2D eigenvalue weighted by atomic mass is 35.5. The average molecular weight is 429 g/mol. The molecule has 0 spiro atoms. The molecule has 0 aliphatic carbocycles. The van der Waals surface area contributed by atoms with Crippen LogP contribution in [-0.2, 0) is 10.2 Å². The lowest BCUT2D eigenvalue weighted by atomic mass is 9.87. The number of aromatic nitrogens is 1. The van der Waals surface area contributed by atoms with Crippen molar-refractivity contribution in [3.8, 4) is 17.0 Å². The van der Waals surface area contributed by atoms with Gasteiger partial charge in [-0.05, 0) is 35.6 Å². The van der Waals surface area contributed by atoms with E-state index < -0.39 is 0 Å². The highest BCUT2D eigenvalue weighted by Crippen LogP contribution is 2.30. The standard InChI is InChI=1S/C23H25ClN2O2S/c1-23(2,3)16-10-12-17(13-11-16)28-14-6-9-21(27)26-22-25-20(15-29-22)18-7-4-5-8-19(18)24/h4-5,7-8,10-13,15H,6,9,14H2,1-3H3,(H,25,26,27). The number of ether oxygens (including phenoxy) is 1. The molecule has 0 bridgehead atoms. The second-order valence-corrected chi connectivity index (χ2v) is 9.06. The van der Waals surface area contributed by atoms with Gasteiger partial charge in [0.25, 0.3) is 0 Å². The van der Waals surface area contributed by atoms with Crippen LogP contribution >= 0.6 is 22.9 Å². The number of halogens is 1. The van der Waals surface area contributed by atoms with Gasteiger partial charge in [-0.25, -0.2) is 4.98 Å². The van der Waals surface area contributed by atoms with Gasteiger partial charge in [0.1, 0.15) is 5.75 Å². The van der Waals surface area contributed by atoms with Crippen LogP contribution < -0.4 is 10.1 Å². The van der Waals surface area contributed by atoms with Gasteiger partial charge < -0.3 is 10.1 Å². The molecule has 0 aliphatic heterocycles. The summed E-state index contributed by atoms with van der Waals surface area (Å²) in [7, 11) is 0. The molecule has 6 heteroatoms. The van der Waals surface area contributed by atoms with Gasteiger partial charge in [-0.2, -0.15) is 0 Å². The van der Waals surface area contributed by atoms with E-state index in [1.807, 2.05) is 41.8 Å². The van der Waals surface area contributed by atoms with E-state index in [0.29, 0.717) is 29.6 Å². The van der Waals surface area contributed by atoms with Gasteiger partial charge in [0, 0.05) is 22.4 Å². The van der Waals surface area contributed by atoms with Gasteiger partial charge in [-0.15, -0.1) is 11.3 Å². The largest absolute Gasteiger partial charge is 0.494 e. The summed E-state index contributed by atoms with van der Waals surface area (Å²) in [6.45, 7) is 7.04. The van der Waals surface area contributed by atoms with Crippen molar-refractivity contribution in [3.05, 3.63) is 64.5 Å². The lowest BCUT2D eigenvalue weighted by Gasteiger charge is -2.19. The number of carbonyl (C=O) groups excluding carboxylic acids is 1. The highest BCUT2D eigenvalue weighted by molar-refractivity contribution is 7.14. The maximum Gasteiger partial charge on any atom is 0.226 e. The van der Waals surface area contributed by atoms with Crippen LogP contribution in [0.25, 0.3) is 11.3 Å². The predicted molar refractivity (Wildman–Crippen MR) is 121 cm³/mol. The Hall–Kier alpha value is -2.37. The molecule has 29 heavy (non-hydrogen) atoms. The fraction of sp³-hybridized carbons (Fsp3) is 0.304. The molecule has 0 unspecified atom stereocenters. The van der Waals surface area contributed by atoms with E-state index in [2.05, 4.69) is 43.2 Å². The van der Waals surface area contributed by atoms with Crippen molar-refractivity contribution in [3.63, 3.8) is 0 Å². The van der Waals surface area contributed by atoms with E-state index in [-0.39, 0.29) is 11.3 Å². The van der Waals surface area contributed by atoms with Crippen LogP contribution in [0.15, 0.2) is 53.9 Å². The van der Waals surface area contributed by atoms with Crippen LogP contribution in [0.3, 0.4) is 0 Å². The van der Waals surface area contributed by atoms with Gasteiger partial charge in [-0.3, -0.25) is 4.79 Å². The fourth-order valence-corrected chi connectivity index (χ4v) is 3.74. The van der Waals surface area contributed by atoms with Gasteiger partial charge in [0.05, 0.1) is 12.3 Å². The molecule has 3 aromatic rings. The number of hydrogen-bond acceptors (Lipinski definition) is 4. The summed E-state index contributed by atoms with van der Waals surface area (Å²) in [4.78, 5) is 16.6. The van der Waals surface area contributed by atoms with E-state index in [4.69, 9.17) is 16.3 Å². The van der Waals surface area contributed by atoms with E-state index in [1.54, 1.807) is 0 Å². The summed E-state index contributed by atoms with van der Waals surface area (Å²) in [5.41, 5.74) is 3.01. The number of amides is 1. The van der Waals surface area contributed by atoms with E-state index in [1.165, 1.54) is 16.9 Å². The monoisotopic (exact) mass is 428 g/mol. The first-order valence-corrected chi connectivity index (χ1v) is 10.8. The molecule has 0 fully saturated rings. The minimum atomic E-state index is -0.0725. The molecule has 2 aromatic carbocycles. The van der Waals surface area contributed by atoms with Crippen molar-refractivity contribution >= 4 is 34.0 Å². The third-order valence-electron chi connectivity index (χ3n) is 4.44. The van der Waals surface area contributed by atoms with Crippen molar-refractivity contribution in [2.75, 3.05) is 11.9 Å². The lowest BCUT2D eigenvalue weighted by Crippen LogP contribution is -2.13. The van der Waals surface area contributed by atoms with Crippen molar-refractivity contribution in [1.82, 2.24) is 4.98 Å². The summed E-state index contributed by atoms with van der Waals surface area (Å²) in [5.74, 6) is 0.749. The Bertz CT molecular complexity index is 962. The zero-order valence-corrected chi connectivity index (χ0v) is 18.4. The number of rotatable bonds is 7. The SMILES string of the molecule is CC(C)(C)c1ccc(OCCCC(=O)Nc2nc(-c3ccccc3Cl)cs2)cc1. The highest BCUT2D eigenvalue weighted by Gasteiger charge is 2.13. The molecule has 1 heterocycles. The molecular weight excluding hydrogens is 404 g/mol. The van der Waals surface area contributed by atoms with Crippen LogP contribution in [-0.4, -0.2) is 17.5 Å². The molecule has 1 N–H and O–H groups in total. The summed E-state index contributed by atoms with van der Waals surface area (Å²) in [6.07, 6.45) is 1.01. The fourth-order valence-electron chi connectivity index (χ4n) is 2.78. The number of anilines is 1. The normalized spacial score (nSPS) is 11.3. The molecular formula is C23H25ClN2O2S. The van der Waals surface area contributed by atoms with Crippen LogP contribution in [0.4, 0.5) is 5.13 Å². The Morgan fingerprint density at radius 3 is 2.55 bits per heavy atom. The van der Waals surface area contributed by atoms with Crippen LogP contribution in [0.2, 0.25) is 5.02 Å². The Kier molecular flexibility index (Phi) is 6.93. The predicted octanol–water partition coefficient (Wildman–Crippen LogP) is 6.56. The minimum absolute atomic E-state index is 0.0725. The summed E-state index contributed by atoms with van der Waals surface area (Å²) < 4.78 is 5.74. The average Bonchev–Trinajstić information content (AvgIpc) is 3.13. The van der Waals surface area contributed by atoms with Gasteiger partial charge >= 0.3 is 0 Å². The molecule has 0 saturated heterocycles. The Labute approximate surface area is 180 Å². The number of nitrogens with one attached hydrogen (secondary N) is 1. The van der Waals surface area contributed by atoms with E-state index in [9.17, 15) is 4.79 Å². The maximum absolute atomic E-state index is 12.2. The number of benzene rings is 2. The maximum atomic E-state index is 12.2. The van der Waals surface area contributed by atoms with E-state index in [0.717, 1.165) is 17.0 Å². The van der Waals surface area contributed by atoms with Crippen molar-refractivity contribution < 1.29 is 9.53 Å². The number of nitrogens with zero attached hydrogens (tertiary/aromatic N) is 1. The Balaban J connectivity index is 1.43. The smallest absolute Gasteiger partial charge is 0.226 e. The number of thiazole rings is 1. The first-order valence-electron chi connectivity index (χ1n) is 9.56. The van der Waals surface area contributed by atoms with Crippen LogP contribution in [0.1, 0.15) is 39.2 Å². The quantitative estimate of drug-likeness (QED) is 0.433. The summed E-state index contributed by atoms with van der Waals surface area (Å²) >= 11 is 7.59. The Morgan fingerprint density at radius 1 is 1.14 bits per heavy atom. The van der Waals surface area contributed by atoms with Gasteiger partial charge in [0.15, 0.2) is 5.13 Å². The van der Waals surface area contributed by atoms with Crippen molar-refractivity contribution in [2.24, 2.45) is 0 Å². The Morgan fingerprint density at radius 2 is 1.86 bits per heavy atom. The second-order valence-electron chi connectivity index (χ2n) is 7.79. The zero-order chi connectivity index (χ0) is 20.9. The van der Waals surface area contributed by atoms with E-state index >= 15 is 0 Å². The van der Waals surface area contributed by atoms with Crippen LogP contribution in [0.5, 0.6) is 5.75 Å². The number of carbonyl (C=O) groups is 1. The zero-order valence-electron chi connectivity index (χ0n) is 16.9. The molecule has 3 rings (SSSR count). The molecule has 1 aromatic heterocycles. The second kappa shape index (κ2) is 9.42. The topological polar surface area (TPSA) is 51.2 Å². The summed E-state index contributed by atoms with van der Waals surface area (Å²) in [5, 5.41) is 5.95. The summed E-state index contributed by atoms with van der Waals surface area (Å²) in [6, 6.07) is 15.7. The molecule has 0 saturated carbocycles. The van der Waals surface area contributed by atoms with Crippen LogP contribution in [0, 0.1) is 0 Å². The molecule has 0 atom stereocenters. The third-order valence-corrected chi connectivity index (χ3v) is 5.52. The molecule has 0 aliphatic rings. The van der Waals surface area contributed by atoms with Gasteiger partial charge in [-0.1, -0.05) is 62.7 Å². The van der Waals surface area contributed by atoms with Crippen molar-refractivity contribution in [2.45, 2.75) is 39.0 Å².